The molecule has 1 heterocycles. The van der Waals surface area contributed by atoms with E-state index in [1.807, 2.05) is 11.3 Å². The Labute approximate surface area is 114 Å². The van der Waals surface area contributed by atoms with Crippen molar-refractivity contribution >= 4 is 11.3 Å². The number of nitrogens with zero attached hydrogens (tertiary/aromatic N) is 1. The number of benzene rings is 1. The van der Waals surface area contributed by atoms with Crippen LogP contribution in [0.25, 0.3) is 11.3 Å². The quantitative estimate of drug-likeness (QED) is 0.716. The maximum absolute atomic E-state index is 4.71. The molecule has 0 saturated heterocycles. The van der Waals surface area contributed by atoms with E-state index in [4.69, 9.17) is 4.98 Å². The molecule has 18 heavy (non-hydrogen) atoms. The first kappa shape index (κ1) is 13.3. The van der Waals surface area contributed by atoms with Crippen molar-refractivity contribution in [1.29, 1.82) is 0 Å². The third-order valence-electron chi connectivity index (χ3n) is 3.14. The highest BCUT2D eigenvalue weighted by Gasteiger charge is 2.16. The van der Waals surface area contributed by atoms with Crippen LogP contribution in [-0.2, 0) is 0 Å². The molecule has 1 aromatic heterocycles. The zero-order valence-corrected chi connectivity index (χ0v) is 12.0. The molecule has 1 atom stereocenters. The van der Waals surface area contributed by atoms with E-state index in [1.54, 1.807) is 0 Å². The van der Waals surface area contributed by atoms with Gasteiger partial charge in [0, 0.05) is 10.4 Å². The second kappa shape index (κ2) is 6.14. The highest BCUT2D eigenvalue weighted by Crippen LogP contribution is 2.35. The predicted octanol–water partition coefficient (Wildman–Crippen LogP) is 5.23. The lowest BCUT2D eigenvalue weighted by Crippen LogP contribution is -1.93. The van der Waals surface area contributed by atoms with Gasteiger partial charge in [-0.05, 0) is 19.3 Å². The molecule has 0 spiro atoms. The summed E-state index contributed by atoms with van der Waals surface area (Å²) in [5.74, 6) is 0.577. The molecule has 95 valence electrons. The number of thiazole rings is 1. The minimum absolute atomic E-state index is 0.577. The first-order valence-corrected chi connectivity index (χ1v) is 7.36. The summed E-state index contributed by atoms with van der Waals surface area (Å²) in [6.07, 6.45) is 3.40. The Balaban J connectivity index is 2.31. The van der Waals surface area contributed by atoms with Crippen molar-refractivity contribution in [3.8, 4) is 11.3 Å². The van der Waals surface area contributed by atoms with Gasteiger partial charge in [0.1, 0.15) is 0 Å². The Morgan fingerprint density at radius 1 is 1.28 bits per heavy atom. The number of unbranched alkanes of at least 4 members (excludes halogenated alkanes) is 1. The number of aromatic nitrogens is 1. The SMILES string of the molecule is [CH2]CCCC(C)c1sc(C)nc1-c1ccccc1. The Morgan fingerprint density at radius 2 is 2.00 bits per heavy atom. The fourth-order valence-corrected chi connectivity index (χ4v) is 3.20. The van der Waals surface area contributed by atoms with Gasteiger partial charge < -0.3 is 0 Å². The Kier molecular flexibility index (Phi) is 4.54. The first-order chi connectivity index (χ1) is 8.72. The van der Waals surface area contributed by atoms with E-state index in [9.17, 15) is 0 Å². The molecule has 0 fully saturated rings. The maximum Gasteiger partial charge on any atom is 0.0904 e. The Bertz CT molecular complexity index is 487. The number of rotatable bonds is 5. The largest absolute Gasteiger partial charge is 0.241 e. The van der Waals surface area contributed by atoms with Crippen molar-refractivity contribution in [2.75, 3.05) is 0 Å². The summed E-state index contributed by atoms with van der Waals surface area (Å²) in [7, 11) is 0. The molecule has 0 aliphatic carbocycles. The van der Waals surface area contributed by atoms with Gasteiger partial charge in [-0.15, -0.1) is 11.3 Å². The maximum atomic E-state index is 4.71. The van der Waals surface area contributed by atoms with Crippen LogP contribution in [0.15, 0.2) is 30.3 Å². The van der Waals surface area contributed by atoms with E-state index in [2.05, 4.69) is 51.1 Å². The summed E-state index contributed by atoms with van der Waals surface area (Å²) in [6.45, 7) is 8.32. The molecule has 2 heteroatoms. The molecule has 1 nitrogen and oxygen atoms in total. The predicted molar refractivity (Wildman–Crippen MR) is 79.9 cm³/mol. The van der Waals surface area contributed by atoms with E-state index in [1.165, 1.54) is 29.0 Å². The topological polar surface area (TPSA) is 12.9 Å². The van der Waals surface area contributed by atoms with Crippen molar-refractivity contribution in [1.82, 2.24) is 4.98 Å². The van der Waals surface area contributed by atoms with Crippen LogP contribution in [0, 0.1) is 13.8 Å². The average molecular weight is 258 g/mol. The van der Waals surface area contributed by atoms with E-state index >= 15 is 0 Å². The number of aryl methyl sites for hydroxylation is 1. The van der Waals surface area contributed by atoms with Gasteiger partial charge in [0.2, 0.25) is 0 Å². The fraction of sp³-hybridized carbons (Fsp3) is 0.375. The van der Waals surface area contributed by atoms with Gasteiger partial charge in [0.05, 0.1) is 10.7 Å². The van der Waals surface area contributed by atoms with Crippen LogP contribution < -0.4 is 0 Å². The fourth-order valence-electron chi connectivity index (χ4n) is 2.16. The smallest absolute Gasteiger partial charge is 0.0904 e. The summed E-state index contributed by atoms with van der Waals surface area (Å²) < 4.78 is 0. The lowest BCUT2D eigenvalue weighted by atomic mass is 9.99. The summed E-state index contributed by atoms with van der Waals surface area (Å²) in [4.78, 5) is 6.14. The number of hydrogen-bond donors (Lipinski definition) is 0. The summed E-state index contributed by atoms with van der Waals surface area (Å²) in [5.41, 5.74) is 2.41. The average Bonchev–Trinajstić information content (AvgIpc) is 2.79. The molecule has 1 aromatic carbocycles. The molecule has 1 unspecified atom stereocenters. The van der Waals surface area contributed by atoms with E-state index in [0.29, 0.717) is 5.92 Å². The van der Waals surface area contributed by atoms with Gasteiger partial charge in [-0.2, -0.15) is 0 Å². The van der Waals surface area contributed by atoms with Crippen LogP contribution in [0.5, 0.6) is 0 Å². The molecule has 0 bridgehead atoms. The lowest BCUT2D eigenvalue weighted by Gasteiger charge is -2.10. The zero-order chi connectivity index (χ0) is 13.0. The minimum atomic E-state index is 0.577. The van der Waals surface area contributed by atoms with Gasteiger partial charge >= 0.3 is 0 Å². The molecule has 0 saturated carbocycles. The highest BCUT2D eigenvalue weighted by molar-refractivity contribution is 7.12. The molecule has 0 aliphatic rings. The molecule has 0 aliphatic heterocycles. The van der Waals surface area contributed by atoms with Crippen LogP contribution in [0.4, 0.5) is 0 Å². The number of hydrogen-bond acceptors (Lipinski definition) is 2. The summed E-state index contributed by atoms with van der Waals surface area (Å²) in [6, 6.07) is 10.5. The summed E-state index contributed by atoms with van der Waals surface area (Å²) in [5, 5.41) is 1.16. The van der Waals surface area contributed by atoms with Crippen LogP contribution in [0.3, 0.4) is 0 Å². The molecule has 2 rings (SSSR count). The van der Waals surface area contributed by atoms with Crippen LogP contribution in [0.2, 0.25) is 0 Å². The van der Waals surface area contributed by atoms with E-state index in [0.717, 1.165) is 11.4 Å². The third-order valence-corrected chi connectivity index (χ3v) is 4.34. The van der Waals surface area contributed by atoms with Crippen molar-refractivity contribution in [3.63, 3.8) is 0 Å². The monoisotopic (exact) mass is 258 g/mol. The van der Waals surface area contributed by atoms with E-state index < -0.39 is 0 Å². The van der Waals surface area contributed by atoms with Crippen molar-refractivity contribution in [2.24, 2.45) is 0 Å². The van der Waals surface area contributed by atoms with Gasteiger partial charge in [0.25, 0.3) is 0 Å². The molecule has 2 aromatic rings. The Hall–Kier alpha value is -1.15. The molecule has 0 N–H and O–H groups in total. The van der Waals surface area contributed by atoms with Gasteiger partial charge in [-0.1, -0.05) is 57.0 Å². The van der Waals surface area contributed by atoms with Gasteiger partial charge in [-0.3, -0.25) is 0 Å². The molecule has 0 amide bonds. The lowest BCUT2D eigenvalue weighted by molar-refractivity contribution is 0.648. The van der Waals surface area contributed by atoms with Crippen molar-refractivity contribution in [2.45, 2.75) is 39.0 Å². The standard InChI is InChI=1S/C16H20NS/c1-4-5-9-12(2)16-15(17-13(3)18-16)14-10-7-6-8-11-14/h6-8,10-12H,1,4-5,9H2,2-3H3. The molecular formula is C16H20NS. The second-order valence-electron chi connectivity index (χ2n) is 4.71. The van der Waals surface area contributed by atoms with Crippen LogP contribution >= 0.6 is 11.3 Å². The molecule has 1 radical (unpaired) electrons. The normalized spacial score (nSPS) is 12.6. The van der Waals surface area contributed by atoms with Crippen molar-refractivity contribution in [3.05, 3.63) is 47.1 Å². The second-order valence-corrected chi connectivity index (χ2v) is 5.94. The highest BCUT2D eigenvalue weighted by atomic mass is 32.1. The van der Waals surface area contributed by atoms with Crippen LogP contribution in [0.1, 0.15) is 42.0 Å². The Morgan fingerprint density at radius 3 is 2.67 bits per heavy atom. The van der Waals surface area contributed by atoms with Gasteiger partial charge in [0.15, 0.2) is 0 Å². The van der Waals surface area contributed by atoms with Gasteiger partial charge in [-0.25, -0.2) is 4.98 Å². The third kappa shape index (κ3) is 2.99. The molecular weight excluding hydrogens is 238 g/mol. The van der Waals surface area contributed by atoms with Crippen LogP contribution in [-0.4, -0.2) is 4.98 Å². The minimum Gasteiger partial charge on any atom is -0.241 e. The first-order valence-electron chi connectivity index (χ1n) is 6.54. The van der Waals surface area contributed by atoms with Crippen molar-refractivity contribution < 1.29 is 0 Å². The summed E-state index contributed by atoms with van der Waals surface area (Å²) >= 11 is 1.84. The van der Waals surface area contributed by atoms with E-state index in [-0.39, 0.29) is 0 Å². The zero-order valence-electron chi connectivity index (χ0n) is 11.1.